The van der Waals surface area contributed by atoms with E-state index in [-0.39, 0.29) is 24.4 Å². The predicted molar refractivity (Wildman–Crippen MR) is 90.2 cm³/mol. The maximum absolute atomic E-state index is 11.9. The highest BCUT2D eigenvalue weighted by Gasteiger charge is 2.20. The number of amides is 1. The molecule has 0 aromatic heterocycles. The van der Waals surface area contributed by atoms with Crippen molar-refractivity contribution in [3.8, 4) is 0 Å². The molecule has 0 spiro atoms. The van der Waals surface area contributed by atoms with E-state index in [1.807, 2.05) is 18.2 Å². The maximum atomic E-state index is 11.9. The molecule has 22 heavy (non-hydrogen) atoms. The van der Waals surface area contributed by atoms with Gasteiger partial charge in [-0.3, -0.25) is 9.69 Å². The minimum atomic E-state index is -0.479. The molecule has 1 fully saturated rings. The third-order valence-electron chi connectivity index (χ3n) is 3.67. The van der Waals surface area contributed by atoms with Crippen LogP contribution < -0.4 is 11.1 Å². The molecule has 2 unspecified atom stereocenters. The Labute approximate surface area is 138 Å². The van der Waals surface area contributed by atoms with Crippen LogP contribution in [-0.4, -0.2) is 55.7 Å². The van der Waals surface area contributed by atoms with Crippen LogP contribution in [0.2, 0.25) is 0 Å². The van der Waals surface area contributed by atoms with Crippen LogP contribution in [-0.2, 0) is 16.0 Å². The lowest BCUT2D eigenvalue weighted by molar-refractivity contribution is -0.122. The zero-order valence-electron chi connectivity index (χ0n) is 13.0. The van der Waals surface area contributed by atoms with Gasteiger partial charge in [-0.2, -0.15) is 0 Å². The number of nitrogens with two attached hydrogens (primary N) is 1. The third-order valence-corrected chi connectivity index (χ3v) is 3.67. The molecule has 1 aromatic carbocycles. The number of benzene rings is 1. The molecule has 1 aliphatic heterocycles. The van der Waals surface area contributed by atoms with E-state index in [1.165, 1.54) is 5.56 Å². The van der Waals surface area contributed by atoms with Crippen LogP contribution in [0.4, 0.5) is 0 Å². The van der Waals surface area contributed by atoms with Crippen LogP contribution in [0.15, 0.2) is 30.3 Å². The van der Waals surface area contributed by atoms with E-state index in [0.717, 1.165) is 39.3 Å². The molecule has 0 radical (unpaired) electrons. The van der Waals surface area contributed by atoms with Gasteiger partial charge in [0.25, 0.3) is 0 Å². The molecule has 1 heterocycles. The van der Waals surface area contributed by atoms with Crippen molar-refractivity contribution in [2.45, 2.75) is 25.4 Å². The van der Waals surface area contributed by atoms with Gasteiger partial charge in [-0.15, -0.1) is 12.4 Å². The molecular formula is C16H26ClN3O2. The Hall–Kier alpha value is -1.14. The second-order valence-corrected chi connectivity index (χ2v) is 5.60. The molecule has 3 N–H and O–H groups in total. The fourth-order valence-electron chi connectivity index (χ4n) is 2.49. The Kier molecular flexibility index (Phi) is 8.42. The summed E-state index contributed by atoms with van der Waals surface area (Å²) in [6.45, 7) is 5.90. The minimum Gasteiger partial charge on any atom is -0.379 e. The lowest BCUT2D eigenvalue weighted by Crippen LogP contribution is -2.51. The minimum absolute atomic E-state index is 0. The molecular weight excluding hydrogens is 302 g/mol. The zero-order valence-corrected chi connectivity index (χ0v) is 13.8. The highest BCUT2D eigenvalue weighted by molar-refractivity contribution is 5.85. The largest absolute Gasteiger partial charge is 0.379 e. The van der Waals surface area contributed by atoms with E-state index >= 15 is 0 Å². The Balaban J connectivity index is 0.00000242. The molecule has 1 amide bonds. The van der Waals surface area contributed by atoms with Gasteiger partial charge >= 0.3 is 0 Å². The molecule has 5 nitrogen and oxygen atoms in total. The Morgan fingerprint density at radius 3 is 2.55 bits per heavy atom. The van der Waals surface area contributed by atoms with Crippen molar-refractivity contribution in [3.05, 3.63) is 35.9 Å². The molecule has 1 aromatic rings. The average molecular weight is 328 g/mol. The summed E-state index contributed by atoms with van der Waals surface area (Å²) in [4.78, 5) is 14.2. The van der Waals surface area contributed by atoms with E-state index in [0.29, 0.717) is 0 Å². The molecule has 1 saturated heterocycles. The first-order valence-corrected chi connectivity index (χ1v) is 7.55. The van der Waals surface area contributed by atoms with Crippen LogP contribution in [0.1, 0.15) is 12.5 Å². The zero-order chi connectivity index (χ0) is 15.1. The topological polar surface area (TPSA) is 67.6 Å². The van der Waals surface area contributed by atoms with Crippen LogP contribution >= 0.6 is 12.4 Å². The number of nitrogens with zero attached hydrogens (tertiary/aromatic N) is 1. The SMILES string of the molecule is CC(N)C(=O)NC(Cc1ccccc1)CN1CCOCC1.Cl. The Morgan fingerprint density at radius 1 is 1.32 bits per heavy atom. The highest BCUT2D eigenvalue weighted by Crippen LogP contribution is 2.06. The predicted octanol–water partition coefficient (Wildman–Crippen LogP) is 0.815. The van der Waals surface area contributed by atoms with Crippen molar-refractivity contribution in [2.75, 3.05) is 32.8 Å². The number of morpholine rings is 1. The van der Waals surface area contributed by atoms with E-state index in [2.05, 4.69) is 22.3 Å². The third kappa shape index (κ3) is 6.32. The number of hydrogen-bond acceptors (Lipinski definition) is 4. The summed E-state index contributed by atoms with van der Waals surface area (Å²) >= 11 is 0. The van der Waals surface area contributed by atoms with E-state index in [9.17, 15) is 4.79 Å². The van der Waals surface area contributed by atoms with Crippen molar-refractivity contribution in [3.63, 3.8) is 0 Å². The van der Waals surface area contributed by atoms with Crippen LogP contribution in [0.25, 0.3) is 0 Å². The van der Waals surface area contributed by atoms with E-state index < -0.39 is 6.04 Å². The van der Waals surface area contributed by atoms with Crippen molar-refractivity contribution in [1.82, 2.24) is 10.2 Å². The van der Waals surface area contributed by atoms with E-state index in [1.54, 1.807) is 6.92 Å². The van der Waals surface area contributed by atoms with Gasteiger partial charge in [0, 0.05) is 25.7 Å². The van der Waals surface area contributed by atoms with Gasteiger partial charge in [0.15, 0.2) is 0 Å². The van der Waals surface area contributed by atoms with Gasteiger partial charge in [-0.1, -0.05) is 30.3 Å². The molecule has 0 aliphatic carbocycles. The molecule has 1 aliphatic rings. The Morgan fingerprint density at radius 2 is 1.95 bits per heavy atom. The summed E-state index contributed by atoms with van der Waals surface area (Å²) in [5.74, 6) is -0.0933. The summed E-state index contributed by atoms with van der Waals surface area (Å²) in [5.41, 5.74) is 6.89. The van der Waals surface area contributed by atoms with Gasteiger partial charge in [-0.25, -0.2) is 0 Å². The second kappa shape index (κ2) is 9.79. The Bertz CT molecular complexity index is 436. The summed E-state index contributed by atoms with van der Waals surface area (Å²) in [7, 11) is 0. The molecule has 6 heteroatoms. The highest BCUT2D eigenvalue weighted by atomic mass is 35.5. The molecule has 2 rings (SSSR count). The number of nitrogens with one attached hydrogen (secondary N) is 1. The first-order chi connectivity index (χ1) is 10.1. The fourth-order valence-corrected chi connectivity index (χ4v) is 2.49. The molecule has 0 bridgehead atoms. The van der Waals surface area contributed by atoms with Gasteiger partial charge in [0.2, 0.25) is 5.91 Å². The standard InChI is InChI=1S/C16H25N3O2.ClH/c1-13(17)16(20)18-15(11-14-5-3-2-4-6-14)12-19-7-9-21-10-8-19;/h2-6,13,15H,7-12,17H2,1H3,(H,18,20);1H. The van der Waals surface area contributed by atoms with Crippen molar-refractivity contribution < 1.29 is 9.53 Å². The fraction of sp³-hybridized carbons (Fsp3) is 0.562. The number of carbonyl (C=O) groups is 1. The van der Waals surface area contributed by atoms with E-state index in [4.69, 9.17) is 10.5 Å². The van der Waals surface area contributed by atoms with Crippen molar-refractivity contribution in [2.24, 2.45) is 5.73 Å². The number of halogens is 1. The lowest BCUT2D eigenvalue weighted by Gasteiger charge is -2.31. The normalized spacial score (nSPS) is 18.1. The monoisotopic (exact) mass is 327 g/mol. The van der Waals surface area contributed by atoms with Gasteiger partial charge in [-0.05, 0) is 18.9 Å². The summed E-state index contributed by atoms with van der Waals surface area (Å²) in [6, 6.07) is 9.82. The van der Waals surface area contributed by atoms with Crippen LogP contribution in [0.3, 0.4) is 0 Å². The first-order valence-electron chi connectivity index (χ1n) is 7.55. The first kappa shape index (κ1) is 18.9. The second-order valence-electron chi connectivity index (χ2n) is 5.60. The van der Waals surface area contributed by atoms with Gasteiger partial charge < -0.3 is 15.8 Å². The molecule has 2 atom stereocenters. The summed E-state index contributed by atoms with van der Waals surface area (Å²) in [6.07, 6.45) is 0.816. The number of hydrogen-bond donors (Lipinski definition) is 2. The quantitative estimate of drug-likeness (QED) is 0.811. The van der Waals surface area contributed by atoms with Crippen molar-refractivity contribution in [1.29, 1.82) is 0 Å². The van der Waals surface area contributed by atoms with Crippen molar-refractivity contribution >= 4 is 18.3 Å². The van der Waals surface area contributed by atoms with Gasteiger partial charge in [0.1, 0.15) is 0 Å². The average Bonchev–Trinajstić information content (AvgIpc) is 2.49. The number of carbonyl (C=O) groups excluding carboxylic acids is 1. The number of ether oxygens (including phenoxy) is 1. The van der Waals surface area contributed by atoms with Crippen LogP contribution in [0.5, 0.6) is 0 Å². The summed E-state index contributed by atoms with van der Waals surface area (Å²) < 4.78 is 5.37. The van der Waals surface area contributed by atoms with Crippen LogP contribution in [0, 0.1) is 0 Å². The molecule has 124 valence electrons. The lowest BCUT2D eigenvalue weighted by atomic mass is 10.0. The van der Waals surface area contributed by atoms with Gasteiger partial charge in [0.05, 0.1) is 19.3 Å². The maximum Gasteiger partial charge on any atom is 0.236 e. The smallest absolute Gasteiger partial charge is 0.236 e. The summed E-state index contributed by atoms with van der Waals surface area (Å²) in [5, 5.41) is 3.07. The number of rotatable bonds is 6. The molecule has 0 saturated carbocycles.